The highest BCUT2D eigenvalue weighted by atomic mass is 35.5. The Balaban J connectivity index is 1.90. The van der Waals surface area contributed by atoms with Crippen molar-refractivity contribution in [2.75, 3.05) is 19.0 Å². The molecule has 0 saturated heterocycles. The number of methoxy groups -OCH3 is 1. The summed E-state index contributed by atoms with van der Waals surface area (Å²) in [6.45, 7) is 1.60. The number of halogens is 2. The minimum Gasteiger partial charge on any atom is -0.468 e. The molecule has 0 heterocycles. The van der Waals surface area contributed by atoms with Gasteiger partial charge in [0.1, 0.15) is 6.54 Å². The molecule has 0 spiro atoms. The van der Waals surface area contributed by atoms with Gasteiger partial charge in [-0.05, 0) is 48.9 Å². The van der Waals surface area contributed by atoms with Gasteiger partial charge in [0, 0.05) is 11.3 Å². The molecule has 9 heteroatoms. The average molecular weight is 424 g/mol. The molecular formula is C19H19Cl2N3O4. The molecule has 148 valence electrons. The zero-order valence-corrected chi connectivity index (χ0v) is 16.7. The molecule has 2 aromatic carbocycles. The van der Waals surface area contributed by atoms with Crippen molar-refractivity contribution >= 4 is 46.8 Å². The van der Waals surface area contributed by atoms with Crippen molar-refractivity contribution in [1.29, 1.82) is 0 Å². The van der Waals surface area contributed by atoms with Crippen molar-refractivity contribution in [2.45, 2.75) is 13.0 Å². The SMILES string of the molecule is COC(=O)CNC(=O)c1ccc(NC(=O)NC(C)c2ccc(Cl)c(Cl)c2)cc1. The van der Waals surface area contributed by atoms with Crippen molar-refractivity contribution in [3.05, 3.63) is 63.6 Å². The first-order valence-corrected chi connectivity index (χ1v) is 9.03. The molecule has 0 saturated carbocycles. The van der Waals surface area contributed by atoms with Gasteiger partial charge < -0.3 is 20.7 Å². The summed E-state index contributed by atoms with van der Waals surface area (Å²) in [5.41, 5.74) is 1.66. The molecule has 0 aromatic heterocycles. The molecule has 2 rings (SSSR count). The van der Waals surface area contributed by atoms with Gasteiger partial charge in [0.2, 0.25) is 0 Å². The van der Waals surface area contributed by atoms with Crippen molar-refractivity contribution < 1.29 is 19.1 Å². The molecule has 2 aromatic rings. The maximum absolute atomic E-state index is 12.2. The Morgan fingerprint density at radius 3 is 2.32 bits per heavy atom. The number of urea groups is 1. The summed E-state index contributed by atoms with van der Waals surface area (Å²) in [6.07, 6.45) is 0. The Kier molecular flexibility index (Phi) is 7.66. The largest absolute Gasteiger partial charge is 0.468 e. The predicted octanol–water partition coefficient (Wildman–Crippen LogP) is 3.78. The predicted molar refractivity (Wildman–Crippen MR) is 108 cm³/mol. The van der Waals surface area contributed by atoms with E-state index in [1.54, 1.807) is 30.3 Å². The first-order valence-electron chi connectivity index (χ1n) is 8.27. The first kappa shape index (κ1) is 21.5. The number of carbonyl (C=O) groups excluding carboxylic acids is 3. The van der Waals surface area contributed by atoms with Crippen molar-refractivity contribution in [3.8, 4) is 0 Å². The summed E-state index contributed by atoms with van der Waals surface area (Å²) in [5, 5.41) is 8.75. The highest BCUT2D eigenvalue weighted by Crippen LogP contribution is 2.25. The lowest BCUT2D eigenvalue weighted by Gasteiger charge is -2.16. The van der Waals surface area contributed by atoms with Crippen LogP contribution in [0.25, 0.3) is 0 Å². The van der Waals surface area contributed by atoms with Crippen LogP contribution in [0.3, 0.4) is 0 Å². The number of anilines is 1. The third-order valence-electron chi connectivity index (χ3n) is 3.82. The number of carbonyl (C=O) groups is 3. The Morgan fingerprint density at radius 1 is 1.04 bits per heavy atom. The number of hydrogen-bond acceptors (Lipinski definition) is 4. The maximum atomic E-state index is 12.2. The van der Waals surface area contributed by atoms with E-state index < -0.39 is 17.9 Å². The molecule has 3 amide bonds. The lowest BCUT2D eigenvalue weighted by atomic mass is 10.1. The number of hydrogen-bond donors (Lipinski definition) is 3. The summed E-state index contributed by atoms with van der Waals surface area (Å²) in [7, 11) is 1.24. The second kappa shape index (κ2) is 9.96. The van der Waals surface area contributed by atoms with Gasteiger partial charge in [-0.2, -0.15) is 0 Å². The Labute approximate surface area is 172 Å². The van der Waals surface area contributed by atoms with Crippen LogP contribution in [0.5, 0.6) is 0 Å². The normalized spacial score (nSPS) is 11.3. The molecule has 0 fully saturated rings. The number of nitrogens with one attached hydrogen (secondary N) is 3. The summed E-state index contributed by atoms with van der Waals surface area (Å²) >= 11 is 11.9. The van der Waals surface area contributed by atoms with Gasteiger partial charge in [-0.3, -0.25) is 9.59 Å². The Bertz CT molecular complexity index is 872. The van der Waals surface area contributed by atoms with Crippen molar-refractivity contribution in [1.82, 2.24) is 10.6 Å². The molecule has 0 aliphatic carbocycles. The van der Waals surface area contributed by atoms with Gasteiger partial charge in [0.15, 0.2) is 0 Å². The molecule has 28 heavy (non-hydrogen) atoms. The lowest BCUT2D eigenvalue weighted by molar-refractivity contribution is -0.139. The van der Waals surface area contributed by atoms with Crippen LogP contribution in [0.15, 0.2) is 42.5 Å². The second-order valence-corrected chi connectivity index (χ2v) is 6.64. The average Bonchev–Trinajstić information content (AvgIpc) is 2.68. The fourth-order valence-electron chi connectivity index (χ4n) is 2.26. The Morgan fingerprint density at radius 2 is 1.71 bits per heavy atom. The number of esters is 1. The molecule has 1 unspecified atom stereocenters. The minimum atomic E-state index is -0.542. The van der Waals surface area contributed by atoms with E-state index in [0.29, 0.717) is 21.3 Å². The number of amides is 3. The fourth-order valence-corrected chi connectivity index (χ4v) is 2.57. The van der Waals surface area contributed by atoms with Crippen LogP contribution in [0.4, 0.5) is 10.5 Å². The molecule has 3 N–H and O–H groups in total. The van der Waals surface area contributed by atoms with E-state index in [9.17, 15) is 14.4 Å². The monoisotopic (exact) mass is 423 g/mol. The van der Waals surface area contributed by atoms with E-state index in [1.165, 1.54) is 19.2 Å². The summed E-state index contributed by atoms with van der Waals surface area (Å²) in [5.74, 6) is -0.964. The highest BCUT2D eigenvalue weighted by molar-refractivity contribution is 6.42. The van der Waals surface area contributed by atoms with E-state index in [1.807, 2.05) is 6.92 Å². The van der Waals surface area contributed by atoms with Gasteiger partial charge in [-0.15, -0.1) is 0 Å². The van der Waals surface area contributed by atoms with E-state index in [2.05, 4.69) is 20.7 Å². The highest BCUT2D eigenvalue weighted by Gasteiger charge is 2.12. The van der Waals surface area contributed by atoms with Crippen LogP contribution < -0.4 is 16.0 Å². The van der Waals surface area contributed by atoms with Gasteiger partial charge in [-0.1, -0.05) is 29.3 Å². The van der Waals surface area contributed by atoms with Gasteiger partial charge in [0.25, 0.3) is 5.91 Å². The minimum absolute atomic E-state index is 0.218. The molecule has 7 nitrogen and oxygen atoms in total. The number of ether oxygens (including phenoxy) is 1. The zero-order chi connectivity index (χ0) is 20.7. The van der Waals surface area contributed by atoms with Gasteiger partial charge in [0.05, 0.1) is 23.2 Å². The van der Waals surface area contributed by atoms with E-state index >= 15 is 0 Å². The molecule has 0 bridgehead atoms. The third-order valence-corrected chi connectivity index (χ3v) is 4.56. The number of rotatable bonds is 6. The van der Waals surface area contributed by atoms with Crippen LogP contribution in [-0.4, -0.2) is 31.6 Å². The fraction of sp³-hybridized carbons (Fsp3) is 0.211. The van der Waals surface area contributed by atoms with Crippen molar-refractivity contribution in [3.63, 3.8) is 0 Å². The molecule has 0 aliphatic rings. The third kappa shape index (κ3) is 6.14. The van der Waals surface area contributed by atoms with Gasteiger partial charge >= 0.3 is 12.0 Å². The topological polar surface area (TPSA) is 96.5 Å². The molecule has 0 aliphatic heterocycles. The van der Waals surface area contributed by atoms with Crippen LogP contribution in [-0.2, 0) is 9.53 Å². The molecule has 1 atom stereocenters. The second-order valence-electron chi connectivity index (χ2n) is 5.83. The van der Waals surface area contributed by atoms with Gasteiger partial charge in [-0.25, -0.2) is 4.79 Å². The van der Waals surface area contributed by atoms with E-state index in [-0.39, 0.29) is 12.6 Å². The van der Waals surface area contributed by atoms with Crippen molar-refractivity contribution in [2.24, 2.45) is 0 Å². The quantitative estimate of drug-likeness (QED) is 0.615. The standard InChI is InChI=1S/C19H19Cl2N3O4/c1-11(13-5-8-15(20)16(21)9-13)23-19(27)24-14-6-3-12(4-7-14)18(26)22-10-17(25)28-2/h3-9,11H,10H2,1-2H3,(H,22,26)(H2,23,24,27). The van der Waals surface area contributed by atoms with E-state index in [4.69, 9.17) is 23.2 Å². The van der Waals surface area contributed by atoms with E-state index in [0.717, 1.165) is 5.56 Å². The van der Waals surface area contributed by atoms with Crippen LogP contribution >= 0.6 is 23.2 Å². The van der Waals surface area contributed by atoms with Crippen LogP contribution in [0, 0.1) is 0 Å². The maximum Gasteiger partial charge on any atom is 0.325 e. The Hall–Kier alpha value is -2.77. The zero-order valence-electron chi connectivity index (χ0n) is 15.2. The molecule has 0 radical (unpaired) electrons. The number of benzene rings is 2. The smallest absolute Gasteiger partial charge is 0.325 e. The first-order chi connectivity index (χ1) is 13.3. The summed E-state index contributed by atoms with van der Waals surface area (Å²) in [4.78, 5) is 35.1. The summed E-state index contributed by atoms with van der Waals surface area (Å²) < 4.78 is 4.45. The lowest BCUT2D eigenvalue weighted by Crippen LogP contribution is -2.31. The van der Waals surface area contributed by atoms with Crippen LogP contribution in [0.2, 0.25) is 10.0 Å². The molecular weight excluding hydrogens is 405 g/mol. The summed E-state index contributed by atoms with van der Waals surface area (Å²) in [6, 6.07) is 10.7. The van der Waals surface area contributed by atoms with Crippen LogP contribution in [0.1, 0.15) is 28.9 Å².